The number of rotatable bonds is 12. The van der Waals surface area contributed by atoms with Gasteiger partial charge in [-0.1, -0.05) is 32.9 Å². The summed E-state index contributed by atoms with van der Waals surface area (Å²) in [6.07, 6.45) is 11.7. The highest BCUT2D eigenvalue weighted by molar-refractivity contribution is 5.73. The number of fused-ring (bicyclic) bond motifs is 2. The fourth-order valence-corrected chi connectivity index (χ4v) is 7.55. The number of aryl methyl sites for hydroxylation is 1. The lowest BCUT2D eigenvalue weighted by Crippen LogP contribution is -2.35. The van der Waals surface area contributed by atoms with E-state index >= 15 is 8.78 Å². The number of hydrogen-bond donors (Lipinski definition) is 0. The van der Waals surface area contributed by atoms with Gasteiger partial charge in [0.25, 0.3) is 5.65 Å². The van der Waals surface area contributed by atoms with E-state index in [4.69, 9.17) is 19.4 Å². The number of pyridine rings is 4. The summed E-state index contributed by atoms with van der Waals surface area (Å²) >= 11 is 0. The molecule has 6 aromatic heterocycles. The van der Waals surface area contributed by atoms with Gasteiger partial charge in [-0.2, -0.15) is 4.40 Å². The van der Waals surface area contributed by atoms with Gasteiger partial charge in [0.15, 0.2) is 28.8 Å². The molecule has 59 heavy (non-hydrogen) atoms. The van der Waals surface area contributed by atoms with Crippen molar-refractivity contribution in [3.8, 4) is 56.3 Å². The summed E-state index contributed by atoms with van der Waals surface area (Å²) in [5.41, 5.74) is 11.8. The third kappa shape index (κ3) is 8.04. The van der Waals surface area contributed by atoms with Crippen molar-refractivity contribution in [2.75, 3.05) is 0 Å². The van der Waals surface area contributed by atoms with Gasteiger partial charge in [-0.25, -0.2) is 18.3 Å². The van der Waals surface area contributed by atoms with E-state index in [1.165, 1.54) is 12.1 Å². The van der Waals surface area contributed by atoms with Gasteiger partial charge in [0.05, 0.1) is 30.6 Å². The van der Waals surface area contributed by atoms with Crippen molar-refractivity contribution in [3.05, 3.63) is 145 Å². The van der Waals surface area contributed by atoms with Crippen molar-refractivity contribution >= 4 is 11.3 Å². The molecule has 0 radical (unpaired) electrons. The third-order valence-corrected chi connectivity index (χ3v) is 10.6. The molecule has 8 nitrogen and oxygen atoms in total. The number of halogens is 2. The second kappa shape index (κ2) is 16.1. The summed E-state index contributed by atoms with van der Waals surface area (Å²) < 4.78 is 47.8. The van der Waals surface area contributed by atoms with E-state index in [0.29, 0.717) is 12.5 Å². The SMILES string of the molecule is Cc1cc2ncc(-c3ccc(C(C)C[n+]4cc(-c5ccc(C(C)C)nc5)n5cc(-c6ccc(OC(C)C)c(F)c6)ccc54)nc3)n2cc1-c1ccc(OC(C)C)c(F)c1. The number of benzene rings is 2. The summed E-state index contributed by atoms with van der Waals surface area (Å²) in [6.45, 7) is 16.6. The summed E-state index contributed by atoms with van der Waals surface area (Å²) in [6, 6.07) is 24.7. The van der Waals surface area contributed by atoms with Crippen LogP contribution in [0.4, 0.5) is 8.78 Å². The van der Waals surface area contributed by atoms with E-state index < -0.39 is 11.6 Å². The van der Waals surface area contributed by atoms with Crippen molar-refractivity contribution < 1.29 is 22.8 Å². The first-order valence-corrected chi connectivity index (χ1v) is 20.2. The Morgan fingerprint density at radius 1 is 0.593 bits per heavy atom. The van der Waals surface area contributed by atoms with Crippen molar-refractivity contribution in [1.82, 2.24) is 23.8 Å². The normalized spacial score (nSPS) is 12.4. The van der Waals surface area contributed by atoms with Crippen LogP contribution in [0.15, 0.2) is 116 Å². The van der Waals surface area contributed by atoms with Crippen LogP contribution >= 0.6 is 0 Å². The highest BCUT2D eigenvalue weighted by Gasteiger charge is 2.23. The molecule has 1 atom stereocenters. The fraction of sp³-hybridized carbons (Fsp3) is 0.265. The maximum Gasteiger partial charge on any atom is 0.286 e. The van der Waals surface area contributed by atoms with Gasteiger partial charge in [0, 0.05) is 64.2 Å². The molecule has 1 unspecified atom stereocenters. The average Bonchev–Trinajstić information content (AvgIpc) is 3.79. The van der Waals surface area contributed by atoms with E-state index in [1.807, 2.05) is 88.1 Å². The van der Waals surface area contributed by atoms with Crippen LogP contribution in [-0.4, -0.2) is 36.0 Å². The monoisotopic (exact) mass is 791 g/mol. The Morgan fingerprint density at radius 2 is 1.19 bits per heavy atom. The Hall–Kier alpha value is -6.42. The van der Waals surface area contributed by atoms with Crippen molar-refractivity contribution in [2.24, 2.45) is 0 Å². The first-order valence-electron chi connectivity index (χ1n) is 20.2. The molecule has 300 valence electrons. The minimum Gasteiger partial charge on any atom is -0.488 e. The van der Waals surface area contributed by atoms with E-state index in [1.54, 1.807) is 12.1 Å². The Morgan fingerprint density at radius 3 is 1.80 bits per heavy atom. The third-order valence-electron chi connectivity index (χ3n) is 10.6. The Bertz CT molecular complexity index is 2790. The van der Waals surface area contributed by atoms with E-state index in [-0.39, 0.29) is 29.6 Å². The highest BCUT2D eigenvalue weighted by Crippen LogP contribution is 2.33. The molecule has 0 aliphatic heterocycles. The molecule has 8 rings (SSSR count). The van der Waals surface area contributed by atoms with Crippen molar-refractivity contribution in [2.45, 2.75) is 86.0 Å². The molecule has 0 aliphatic rings. The standard InChI is InChI=1S/C49H49F2N6O2/c1-29(2)42-14-9-37(23-52-42)45-28-55(49-18-13-38(26-57(45)49)34-11-16-46(40(50)20-34)58-30(3)4)25-33(8)43-15-10-36(22-53-43)44-24-54-48-19-32(7)39(27-56(44)48)35-12-17-47(41(51)21-35)59-31(5)6/h9-24,26-31,33H,25H2,1-8H3/q+1. The molecule has 2 aromatic carbocycles. The van der Waals surface area contributed by atoms with Gasteiger partial charge in [-0.05, 0) is 118 Å². The van der Waals surface area contributed by atoms with Crippen LogP contribution in [0, 0.1) is 18.6 Å². The Kier molecular flexibility index (Phi) is 10.7. The van der Waals surface area contributed by atoms with Crippen LogP contribution in [-0.2, 0) is 6.54 Å². The average molecular weight is 792 g/mol. The molecule has 0 spiro atoms. The van der Waals surface area contributed by atoms with Crippen LogP contribution in [0.2, 0.25) is 0 Å². The lowest BCUT2D eigenvalue weighted by molar-refractivity contribution is -0.673. The van der Waals surface area contributed by atoms with Crippen LogP contribution < -0.4 is 14.0 Å². The fourth-order valence-electron chi connectivity index (χ4n) is 7.55. The summed E-state index contributed by atoms with van der Waals surface area (Å²) in [7, 11) is 0. The molecular formula is C49H49F2N6O2+. The first-order chi connectivity index (χ1) is 28.3. The maximum atomic E-state index is 15.1. The van der Waals surface area contributed by atoms with Crippen LogP contribution in [0.3, 0.4) is 0 Å². The molecule has 0 fully saturated rings. The van der Waals surface area contributed by atoms with E-state index in [2.05, 4.69) is 77.4 Å². The van der Waals surface area contributed by atoms with Gasteiger partial charge in [-0.15, -0.1) is 0 Å². The molecule has 10 heteroatoms. The maximum absolute atomic E-state index is 15.1. The van der Waals surface area contributed by atoms with Gasteiger partial charge in [-0.3, -0.25) is 14.4 Å². The highest BCUT2D eigenvalue weighted by atomic mass is 19.1. The van der Waals surface area contributed by atoms with Crippen molar-refractivity contribution in [1.29, 1.82) is 0 Å². The van der Waals surface area contributed by atoms with Crippen LogP contribution in [0.5, 0.6) is 11.5 Å². The van der Waals surface area contributed by atoms with Gasteiger partial charge in [0.1, 0.15) is 18.0 Å². The predicted octanol–water partition coefficient (Wildman–Crippen LogP) is 11.4. The van der Waals surface area contributed by atoms with Crippen molar-refractivity contribution in [3.63, 3.8) is 0 Å². The smallest absolute Gasteiger partial charge is 0.286 e. The second-order valence-electron chi connectivity index (χ2n) is 16.2. The summed E-state index contributed by atoms with van der Waals surface area (Å²) in [5, 5.41) is 0. The molecule has 0 amide bonds. The molecule has 0 saturated heterocycles. The number of ether oxygens (including phenoxy) is 2. The summed E-state index contributed by atoms with van der Waals surface area (Å²) in [4.78, 5) is 14.4. The first kappa shape index (κ1) is 39.4. The van der Waals surface area contributed by atoms with Gasteiger partial charge >= 0.3 is 0 Å². The number of hydrogen-bond acceptors (Lipinski definition) is 5. The zero-order valence-corrected chi connectivity index (χ0v) is 34.7. The Balaban J connectivity index is 1.09. The molecule has 6 heterocycles. The zero-order chi connectivity index (χ0) is 41.5. The largest absolute Gasteiger partial charge is 0.488 e. The predicted molar refractivity (Wildman–Crippen MR) is 229 cm³/mol. The van der Waals surface area contributed by atoms with E-state index in [9.17, 15) is 0 Å². The van der Waals surface area contributed by atoms with Crippen LogP contribution in [0.25, 0.3) is 56.1 Å². The van der Waals surface area contributed by atoms with Gasteiger partial charge in [0.2, 0.25) is 0 Å². The minimum absolute atomic E-state index is 0.0609. The van der Waals surface area contributed by atoms with E-state index in [0.717, 1.165) is 73.0 Å². The molecule has 0 aliphatic carbocycles. The quantitative estimate of drug-likeness (QED) is 0.115. The number of nitrogens with zero attached hydrogens (tertiary/aromatic N) is 6. The van der Waals surface area contributed by atoms with Gasteiger partial charge < -0.3 is 9.47 Å². The molecule has 0 bridgehead atoms. The summed E-state index contributed by atoms with van der Waals surface area (Å²) in [5.74, 6) is 0.0749. The number of imidazole rings is 2. The zero-order valence-electron chi connectivity index (χ0n) is 34.7. The van der Waals surface area contributed by atoms with Crippen LogP contribution in [0.1, 0.15) is 77.3 Å². The Labute approximate surface area is 343 Å². The molecule has 0 saturated carbocycles. The second-order valence-corrected chi connectivity index (χ2v) is 16.2. The topological polar surface area (TPSA) is 69.8 Å². The molecule has 0 N–H and O–H groups in total. The molecule has 8 aromatic rings. The molecular weight excluding hydrogens is 743 g/mol. The number of aromatic nitrogens is 6. The minimum atomic E-state index is -0.393. The lowest BCUT2D eigenvalue weighted by Gasteiger charge is -2.13. The lowest BCUT2D eigenvalue weighted by atomic mass is 10.0.